The molecule has 1 saturated heterocycles. The second kappa shape index (κ2) is 7.36. The van der Waals surface area contributed by atoms with Crippen molar-refractivity contribution in [2.24, 2.45) is 17.3 Å². The third-order valence-electron chi connectivity index (χ3n) is 4.91. The smallest absolute Gasteiger partial charge is 0.311 e. The fourth-order valence-electron chi connectivity index (χ4n) is 3.38. The van der Waals surface area contributed by atoms with Crippen molar-refractivity contribution in [1.82, 2.24) is 9.55 Å². The van der Waals surface area contributed by atoms with E-state index in [-0.39, 0.29) is 17.4 Å². The standard InChI is InChI=1S/C18H29N3O3/c1-13(2)11-21-10-8-19-15(16(21)22)20-9-6-7-14(12-20)18(3,4)17(23)24-5/h8,10,13-14H,6-7,9,11-12H2,1-5H3. The Balaban J connectivity index is 2.24. The predicted octanol–water partition coefficient (Wildman–Crippen LogP) is 2.31. The zero-order chi connectivity index (χ0) is 17.9. The highest BCUT2D eigenvalue weighted by Gasteiger charge is 2.40. The van der Waals surface area contributed by atoms with Crippen molar-refractivity contribution in [2.45, 2.75) is 47.1 Å². The lowest BCUT2D eigenvalue weighted by molar-refractivity contribution is -0.154. The van der Waals surface area contributed by atoms with Crippen molar-refractivity contribution in [1.29, 1.82) is 0 Å². The van der Waals surface area contributed by atoms with Crippen LogP contribution < -0.4 is 10.5 Å². The van der Waals surface area contributed by atoms with Crippen LogP contribution >= 0.6 is 0 Å². The summed E-state index contributed by atoms with van der Waals surface area (Å²) in [5, 5.41) is 0. The first-order chi connectivity index (χ1) is 11.3. The molecule has 24 heavy (non-hydrogen) atoms. The van der Waals surface area contributed by atoms with E-state index in [1.54, 1.807) is 17.0 Å². The highest BCUT2D eigenvalue weighted by atomic mass is 16.5. The van der Waals surface area contributed by atoms with E-state index < -0.39 is 5.41 Å². The first-order valence-corrected chi connectivity index (χ1v) is 8.66. The lowest BCUT2D eigenvalue weighted by Crippen LogP contribution is -2.47. The summed E-state index contributed by atoms with van der Waals surface area (Å²) in [6.45, 7) is 10.1. The predicted molar refractivity (Wildman–Crippen MR) is 94.1 cm³/mol. The lowest BCUT2D eigenvalue weighted by Gasteiger charge is -2.40. The Kier molecular flexibility index (Phi) is 5.67. The molecule has 1 aromatic rings. The van der Waals surface area contributed by atoms with E-state index in [2.05, 4.69) is 18.8 Å². The number of hydrogen-bond acceptors (Lipinski definition) is 5. The summed E-state index contributed by atoms with van der Waals surface area (Å²) in [4.78, 5) is 31.2. The van der Waals surface area contributed by atoms with Gasteiger partial charge in [-0.05, 0) is 38.5 Å². The van der Waals surface area contributed by atoms with Gasteiger partial charge in [-0.1, -0.05) is 13.8 Å². The van der Waals surface area contributed by atoms with Gasteiger partial charge in [-0.15, -0.1) is 0 Å². The number of aromatic nitrogens is 2. The molecule has 1 aliphatic rings. The van der Waals surface area contributed by atoms with Crippen LogP contribution in [0.4, 0.5) is 5.82 Å². The van der Waals surface area contributed by atoms with Gasteiger partial charge in [0, 0.05) is 32.0 Å². The van der Waals surface area contributed by atoms with Gasteiger partial charge in [0.25, 0.3) is 5.56 Å². The molecule has 0 spiro atoms. The number of methoxy groups -OCH3 is 1. The van der Waals surface area contributed by atoms with Gasteiger partial charge in [0.2, 0.25) is 0 Å². The van der Waals surface area contributed by atoms with E-state index >= 15 is 0 Å². The van der Waals surface area contributed by atoms with Crippen LogP contribution in [0.1, 0.15) is 40.5 Å². The zero-order valence-electron chi connectivity index (χ0n) is 15.4. The molecule has 2 rings (SSSR count). The summed E-state index contributed by atoms with van der Waals surface area (Å²) in [6.07, 6.45) is 5.32. The molecule has 1 atom stereocenters. The van der Waals surface area contributed by atoms with Gasteiger partial charge in [-0.2, -0.15) is 0 Å². The van der Waals surface area contributed by atoms with Gasteiger partial charge < -0.3 is 14.2 Å². The van der Waals surface area contributed by atoms with Gasteiger partial charge in [0.05, 0.1) is 12.5 Å². The van der Waals surface area contributed by atoms with Crippen LogP contribution in [0, 0.1) is 17.3 Å². The minimum Gasteiger partial charge on any atom is -0.469 e. The topological polar surface area (TPSA) is 64.4 Å². The van der Waals surface area contributed by atoms with Gasteiger partial charge in [-0.25, -0.2) is 4.98 Å². The Morgan fingerprint density at radius 3 is 2.79 bits per heavy atom. The molecule has 134 valence electrons. The molecule has 1 fully saturated rings. The van der Waals surface area contributed by atoms with E-state index in [1.165, 1.54) is 7.11 Å². The van der Waals surface area contributed by atoms with E-state index in [4.69, 9.17) is 4.74 Å². The van der Waals surface area contributed by atoms with Crippen LogP contribution in [-0.2, 0) is 16.1 Å². The fraction of sp³-hybridized carbons (Fsp3) is 0.722. The van der Waals surface area contributed by atoms with E-state index in [0.717, 1.165) is 19.4 Å². The maximum Gasteiger partial charge on any atom is 0.311 e. The number of anilines is 1. The summed E-state index contributed by atoms with van der Waals surface area (Å²) in [6, 6.07) is 0. The molecular weight excluding hydrogens is 306 g/mol. The molecule has 0 bridgehead atoms. The van der Waals surface area contributed by atoms with Gasteiger partial charge in [0.15, 0.2) is 5.82 Å². The maximum absolute atomic E-state index is 12.7. The van der Waals surface area contributed by atoms with E-state index in [1.807, 2.05) is 18.7 Å². The summed E-state index contributed by atoms with van der Waals surface area (Å²) < 4.78 is 6.68. The molecule has 2 heterocycles. The summed E-state index contributed by atoms with van der Waals surface area (Å²) >= 11 is 0. The van der Waals surface area contributed by atoms with Gasteiger partial charge in [-0.3, -0.25) is 9.59 Å². The number of carbonyl (C=O) groups is 1. The maximum atomic E-state index is 12.7. The SMILES string of the molecule is COC(=O)C(C)(C)C1CCCN(c2nccn(CC(C)C)c2=O)C1. The fourth-order valence-corrected chi connectivity index (χ4v) is 3.38. The number of ether oxygens (including phenoxy) is 1. The van der Waals surface area contributed by atoms with Crippen molar-refractivity contribution in [3.05, 3.63) is 22.7 Å². The molecule has 0 saturated carbocycles. The highest BCUT2D eigenvalue weighted by Crippen LogP contribution is 2.35. The van der Waals surface area contributed by atoms with E-state index in [0.29, 0.717) is 24.8 Å². The van der Waals surface area contributed by atoms with Crippen LogP contribution in [0.15, 0.2) is 17.2 Å². The zero-order valence-corrected chi connectivity index (χ0v) is 15.4. The summed E-state index contributed by atoms with van der Waals surface area (Å²) in [5.74, 6) is 0.820. The third-order valence-corrected chi connectivity index (χ3v) is 4.91. The lowest BCUT2D eigenvalue weighted by atomic mass is 9.74. The van der Waals surface area contributed by atoms with Crippen LogP contribution in [0.25, 0.3) is 0 Å². The monoisotopic (exact) mass is 335 g/mol. The molecule has 1 aromatic heterocycles. The van der Waals surface area contributed by atoms with Gasteiger partial charge in [0.1, 0.15) is 0 Å². The van der Waals surface area contributed by atoms with Crippen LogP contribution in [0.3, 0.4) is 0 Å². The number of carbonyl (C=O) groups excluding carboxylic acids is 1. The van der Waals surface area contributed by atoms with Crippen molar-refractivity contribution in [2.75, 3.05) is 25.1 Å². The summed E-state index contributed by atoms with van der Waals surface area (Å²) in [7, 11) is 1.42. The van der Waals surface area contributed by atoms with Gasteiger partial charge >= 0.3 is 5.97 Å². The van der Waals surface area contributed by atoms with Crippen molar-refractivity contribution in [3.8, 4) is 0 Å². The average Bonchev–Trinajstić information content (AvgIpc) is 2.55. The number of hydrogen-bond donors (Lipinski definition) is 0. The molecule has 0 N–H and O–H groups in total. The molecular formula is C18H29N3O3. The Bertz CT molecular complexity index is 637. The molecule has 6 nitrogen and oxygen atoms in total. The van der Waals surface area contributed by atoms with Crippen LogP contribution in [0.2, 0.25) is 0 Å². The number of piperidine rings is 1. The second-order valence-electron chi connectivity index (χ2n) is 7.60. The summed E-state index contributed by atoms with van der Waals surface area (Å²) in [5.41, 5.74) is -0.623. The third kappa shape index (κ3) is 3.79. The molecule has 0 aromatic carbocycles. The number of nitrogens with zero attached hydrogens (tertiary/aromatic N) is 3. The number of esters is 1. The second-order valence-corrected chi connectivity index (χ2v) is 7.60. The average molecular weight is 335 g/mol. The van der Waals surface area contributed by atoms with Crippen molar-refractivity contribution >= 4 is 11.8 Å². The number of rotatable bonds is 5. The van der Waals surface area contributed by atoms with Crippen molar-refractivity contribution < 1.29 is 9.53 Å². The Morgan fingerprint density at radius 1 is 1.46 bits per heavy atom. The molecule has 0 radical (unpaired) electrons. The molecule has 1 unspecified atom stereocenters. The molecule has 1 aliphatic heterocycles. The minimum absolute atomic E-state index is 0.0530. The largest absolute Gasteiger partial charge is 0.469 e. The molecule has 0 aliphatic carbocycles. The van der Waals surface area contributed by atoms with Crippen LogP contribution in [0.5, 0.6) is 0 Å². The molecule has 6 heteroatoms. The first kappa shape index (κ1) is 18.5. The molecule has 0 amide bonds. The quantitative estimate of drug-likeness (QED) is 0.773. The Hall–Kier alpha value is -1.85. The van der Waals surface area contributed by atoms with E-state index in [9.17, 15) is 9.59 Å². The minimum atomic E-state index is -0.570. The van der Waals surface area contributed by atoms with Crippen molar-refractivity contribution in [3.63, 3.8) is 0 Å². The highest BCUT2D eigenvalue weighted by molar-refractivity contribution is 5.76. The Morgan fingerprint density at radius 2 is 2.17 bits per heavy atom. The Labute approximate surface area is 143 Å². The normalized spacial score (nSPS) is 18.8. The first-order valence-electron chi connectivity index (χ1n) is 8.66. The van der Waals surface area contributed by atoms with Crippen LogP contribution in [-0.4, -0.2) is 35.7 Å².